The van der Waals surface area contributed by atoms with Gasteiger partial charge in [0.05, 0.1) is 12.7 Å². The van der Waals surface area contributed by atoms with Crippen LogP contribution in [0.15, 0.2) is 6.20 Å². The Bertz CT molecular complexity index is 475. The van der Waals surface area contributed by atoms with Crippen molar-refractivity contribution in [2.24, 2.45) is 5.73 Å². The first kappa shape index (κ1) is 13.5. The van der Waals surface area contributed by atoms with E-state index in [9.17, 15) is 4.79 Å². The van der Waals surface area contributed by atoms with E-state index in [1.54, 1.807) is 18.1 Å². The van der Waals surface area contributed by atoms with Gasteiger partial charge in [-0.2, -0.15) is 4.98 Å². The van der Waals surface area contributed by atoms with Gasteiger partial charge in [-0.15, -0.1) is 0 Å². The number of likely N-dealkylation sites (N-methyl/N-ethyl adjacent to an activating group) is 1. The highest BCUT2D eigenvalue weighted by atomic mass is 16.2. The van der Waals surface area contributed by atoms with Gasteiger partial charge in [-0.05, 0) is 13.8 Å². The van der Waals surface area contributed by atoms with Gasteiger partial charge in [-0.1, -0.05) is 0 Å². The molecule has 7 nitrogen and oxygen atoms in total. The molecule has 0 spiro atoms. The van der Waals surface area contributed by atoms with Gasteiger partial charge in [0.1, 0.15) is 5.69 Å². The van der Waals surface area contributed by atoms with Crippen molar-refractivity contribution in [1.82, 2.24) is 9.97 Å². The van der Waals surface area contributed by atoms with E-state index in [-0.39, 0.29) is 11.9 Å². The Hall–Kier alpha value is -1.89. The predicted octanol–water partition coefficient (Wildman–Crippen LogP) is 0.0384. The number of fused-ring (bicyclic) bond motifs is 1. The molecule has 1 aromatic rings. The summed E-state index contributed by atoms with van der Waals surface area (Å²) in [6.45, 7) is 5.56. The maximum atomic E-state index is 11.9. The molecular weight excluding hydrogens is 244 g/mol. The highest BCUT2D eigenvalue weighted by Crippen LogP contribution is 2.32. The molecule has 0 aliphatic carbocycles. The second-order valence-corrected chi connectivity index (χ2v) is 4.79. The van der Waals surface area contributed by atoms with Crippen LogP contribution in [0, 0.1) is 0 Å². The summed E-state index contributed by atoms with van der Waals surface area (Å²) >= 11 is 0. The first-order chi connectivity index (χ1) is 9.04. The third-order valence-corrected chi connectivity index (χ3v) is 3.11. The first-order valence-corrected chi connectivity index (χ1v) is 6.38. The minimum Gasteiger partial charge on any atom is -0.353 e. The van der Waals surface area contributed by atoms with Crippen LogP contribution in [-0.2, 0) is 4.79 Å². The van der Waals surface area contributed by atoms with Crippen molar-refractivity contribution in [1.29, 1.82) is 0 Å². The van der Waals surface area contributed by atoms with Crippen LogP contribution in [0.5, 0.6) is 0 Å². The normalized spacial score (nSPS) is 14.9. The van der Waals surface area contributed by atoms with Gasteiger partial charge in [0.2, 0.25) is 11.9 Å². The minimum atomic E-state index is 0.0486. The van der Waals surface area contributed by atoms with Crippen LogP contribution >= 0.6 is 0 Å². The first-order valence-electron chi connectivity index (χ1n) is 6.38. The number of hydrogen-bond donors (Lipinski definition) is 2. The van der Waals surface area contributed by atoms with Crippen molar-refractivity contribution in [2.75, 3.05) is 41.8 Å². The van der Waals surface area contributed by atoms with Crippen LogP contribution in [0.2, 0.25) is 0 Å². The molecule has 1 amide bonds. The van der Waals surface area contributed by atoms with E-state index in [0.29, 0.717) is 25.6 Å². The molecule has 2 heterocycles. The number of hydrogen-bond acceptors (Lipinski definition) is 6. The molecule has 1 aliphatic rings. The molecule has 0 saturated heterocycles. The van der Waals surface area contributed by atoms with Gasteiger partial charge in [0, 0.05) is 26.2 Å². The number of aromatic nitrogens is 2. The van der Waals surface area contributed by atoms with E-state index in [0.717, 1.165) is 11.5 Å². The Labute approximate surface area is 112 Å². The SMILES string of the molecule is CC(C)N1CC(=O)N(C)c2cnc(NCCN)nc21. The summed E-state index contributed by atoms with van der Waals surface area (Å²) in [5.74, 6) is 1.37. The van der Waals surface area contributed by atoms with Gasteiger partial charge in [0.15, 0.2) is 5.82 Å². The molecule has 7 heteroatoms. The Kier molecular flexibility index (Phi) is 3.84. The van der Waals surface area contributed by atoms with Gasteiger partial charge in [-0.25, -0.2) is 4.98 Å². The second-order valence-electron chi connectivity index (χ2n) is 4.79. The smallest absolute Gasteiger partial charge is 0.246 e. The maximum absolute atomic E-state index is 11.9. The average Bonchev–Trinajstić information content (AvgIpc) is 2.40. The fraction of sp³-hybridized carbons (Fsp3) is 0.583. The van der Waals surface area contributed by atoms with Crippen molar-refractivity contribution in [3.63, 3.8) is 0 Å². The summed E-state index contributed by atoms with van der Waals surface area (Å²) in [7, 11) is 1.75. The van der Waals surface area contributed by atoms with Gasteiger partial charge in [-0.3, -0.25) is 4.79 Å². The van der Waals surface area contributed by atoms with Crippen LogP contribution in [0.3, 0.4) is 0 Å². The average molecular weight is 264 g/mol. The zero-order valence-electron chi connectivity index (χ0n) is 11.6. The minimum absolute atomic E-state index is 0.0486. The monoisotopic (exact) mass is 264 g/mol. The number of nitrogens with one attached hydrogen (secondary N) is 1. The van der Waals surface area contributed by atoms with E-state index in [2.05, 4.69) is 15.3 Å². The molecule has 19 heavy (non-hydrogen) atoms. The van der Waals surface area contributed by atoms with Crippen LogP contribution < -0.4 is 20.9 Å². The highest BCUT2D eigenvalue weighted by Gasteiger charge is 2.30. The third kappa shape index (κ3) is 2.60. The summed E-state index contributed by atoms with van der Waals surface area (Å²) < 4.78 is 0. The van der Waals surface area contributed by atoms with E-state index in [1.165, 1.54) is 0 Å². The molecular formula is C12H20N6O. The quantitative estimate of drug-likeness (QED) is 0.798. The molecule has 1 aliphatic heterocycles. The number of nitrogens with zero attached hydrogens (tertiary/aromatic N) is 4. The molecule has 0 saturated carbocycles. The summed E-state index contributed by atoms with van der Waals surface area (Å²) in [4.78, 5) is 24.2. The fourth-order valence-corrected chi connectivity index (χ4v) is 1.97. The second kappa shape index (κ2) is 5.40. The van der Waals surface area contributed by atoms with Gasteiger partial charge < -0.3 is 20.9 Å². The summed E-state index contributed by atoms with van der Waals surface area (Å²) in [5.41, 5.74) is 6.19. The molecule has 0 radical (unpaired) electrons. The number of nitrogens with two attached hydrogens (primary N) is 1. The standard InChI is InChI=1S/C12H20N6O/c1-8(2)18-7-10(19)17(3)9-6-15-12(14-5-4-13)16-11(9)18/h6,8H,4-5,7,13H2,1-3H3,(H,14,15,16). The number of carbonyl (C=O) groups excluding carboxylic acids is 1. The van der Waals surface area contributed by atoms with E-state index < -0.39 is 0 Å². The Morgan fingerprint density at radius 1 is 1.53 bits per heavy atom. The number of anilines is 3. The summed E-state index contributed by atoms with van der Waals surface area (Å²) in [6, 6.07) is 0.202. The molecule has 3 N–H and O–H groups in total. The lowest BCUT2D eigenvalue weighted by Gasteiger charge is -2.36. The van der Waals surface area contributed by atoms with Crippen molar-refractivity contribution in [3.05, 3.63) is 6.20 Å². The fourth-order valence-electron chi connectivity index (χ4n) is 1.97. The lowest BCUT2D eigenvalue weighted by atomic mass is 10.2. The number of carbonyl (C=O) groups is 1. The summed E-state index contributed by atoms with van der Waals surface area (Å²) in [6.07, 6.45) is 1.67. The number of rotatable bonds is 4. The van der Waals surface area contributed by atoms with Crippen LogP contribution in [-0.4, -0.2) is 48.6 Å². The van der Waals surface area contributed by atoms with E-state index in [1.807, 2.05) is 18.7 Å². The largest absolute Gasteiger partial charge is 0.353 e. The Balaban J connectivity index is 2.38. The molecule has 104 valence electrons. The molecule has 0 fully saturated rings. The topological polar surface area (TPSA) is 87.4 Å². The van der Waals surface area contributed by atoms with Gasteiger partial charge in [0.25, 0.3) is 0 Å². The van der Waals surface area contributed by atoms with Crippen LogP contribution in [0.1, 0.15) is 13.8 Å². The molecule has 0 bridgehead atoms. The molecule has 1 aromatic heterocycles. The zero-order valence-corrected chi connectivity index (χ0v) is 11.6. The van der Waals surface area contributed by atoms with Crippen LogP contribution in [0.25, 0.3) is 0 Å². The predicted molar refractivity (Wildman–Crippen MR) is 75.5 cm³/mol. The maximum Gasteiger partial charge on any atom is 0.246 e. The van der Waals surface area contributed by atoms with E-state index >= 15 is 0 Å². The Morgan fingerprint density at radius 2 is 2.26 bits per heavy atom. The van der Waals surface area contributed by atoms with Crippen LogP contribution in [0.4, 0.5) is 17.5 Å². The lowest BCUT2D eigenvalue weighted by Crippen LogP contribution is -2.47. The van der Waals surface area contributed by atoms with Crippen molar-refractivity contribution in [3.8, 4) is 0 Å². The highest BCUT2D eigenvalue weighted by molar-refractivity contribution is 6.01. The Morgan fingerprint density at radius 3 is 2.89 bits per heavy atom. The van der Waals surface area contributed by atoms with Crippen molar-refractivity contribution >= 4 is 23.4 Å². The number of amides is 1. The zero-order chi connectivity index (χ0) is 14.0. The van der Waals surface area contributed by atoms with Crippen molar-refractivity contribution in [2.45, 2.75) is 19.9 Å². The molecule has 0 aromatic carbocycles. The molecule has 0 unspecified atom stereocenters. The molecule has 0 atom stereocenters. The van der Waals surface area contributed by atoms with Crippen molar-refractivity contribution < 1.29 is 4.79 Å². The van der Waals surface area contributed by atoms with Gasteiger partial charge >= 0.3 is 0 Å². The lowest BCUT2D eigenvalue weighted by molar-refractivity contribution is -0.117. The third-order valence-electron chi connectivity index (χ3n) is 3.11. The summed E-state index contributed by atoms with van der Waals surface area (Å²) in [5, 5.41) is 3.05. The molecule has 2 rings (SSSR count). The van der Waals surface area contributed by atoms with E-state index in [4.69, 9.17) is 5.73 Å².